The zero-order chi connectivity index (χ0) is 7.78. The van der Waals surface area contributed by atoms with Crippen molar-refractivity contribution in [1.82, 2.24) is 19.9 Å². The van der Waals surface area contributed by atoms with Crippen LogP contribution in [0.25, 0.3) is 0 Å². The van der Waals surface area contributed by atoms with Crippen LogP contribution in [0.5, 0.6) is 0 Å². The summed E-state index contributed by atoms with van der Waals surface area (Å²) >= 11 is 1.60. The first-order valence-electron chi connectivity index (χ1n) is 2.87. The summed E-state index contributed by atoms with van der Waals surface area (Å²) in [7, 11) is 0. The van der Waals surface area contributed by atoms with Crippen molar-refractivity contribution in [2.75, 3.05) is 0 Å². The maximum atomic E-state index is 3.74. The molecule has 0 bridgehead atoms. The van der Waals surface area contributed by atoms with E-state index in [9.17, 15) is 0 Å². The summed E-state index contributed by atoms with van der Waals surface area (Å²) in [6.07, 6.45) is 6.08. The molecule has 0 atom stereocenters. The smallest absolute Gasteiger partial charge is 0.119 e. The second kappa shape index (κ2) is 5.43. The maximum absolute atomic E-state index is 3.74. The highest BCUT2D eigenvalue weighted by molar-refractivity contribution is 7.07. The van der Waals surface area contributed by atoms with Crippen molar-refractivity contribution in [2.24, 2.45) is 0 Å². The first-order valence-corrected chi connectivity index (χ1v) is 3.81. The molecule has 0 spiro atoms. The Morgan fingerprint density at radius 2 is 1.45 bits per heavy atom. The minimum absolute atomic E-state index is 1.44. The van der Waals surface area contributed by atoms with E-state index in [2.05, 4.69) is 19.9 Å². The SMILES string of the molecule is c1cscn1.c1ncncn1. The van der Waals surface area contributed by atoms with E-state index in [1.807, 2.05) is 5.38 Å². The zero-order valence-electron chi connectivity index (χ0n) is 5.66. The number of nitrogens with zero attached hydrogens (tertiary/aromatic N) is 4. The van der Waals surface area contributed by atoms with Gasteiger partial charge in [-0.05, 0) is 0 Å². The van der Waals surface area contributed by atoms with Crippen molar-refractivity contribution in [3.8, 4) is 0 Å². The second-order valence-corrected chi connectivity index (χ2v) is 2.22. The molecule has 0 amide bonds. The minimum atomic E-state index is 1.44. The van der Waals surface area contributed by atoms with E-state index in [1.165, 1.54) is 19.0 Å². The van der Waals surface area contributed by atoms with Crippen LogP contribution in [0.15, 0.2) is 36.1 Å². The lowest BCUT2D eigenvalue weighted by Crippen LogP contribution is -1.73. The molecule has 0 unspecified atom stereocenters. The zero-order valence-corrected chi connectivity index (χ0v) is 6.48. The van der Waals surface area contributed by atoms with Gasteiger partial charge in [0.1, 0.15) is 19.0 Å². The van der Waals surface area contributed by atoms with Gasteiger partial charge in [0.2, 0.25) is 0 Å². The lowest BCUT2D eigenvalue weighted by Gasteiger charge is -1.69. The van der Waals surface area contributed by atoms with E-state index >= 15 is 0 Å². The highest BCUT2D eigenvalue weighted by Gasteiger charge is 1.60. The van der Waals surface area contributed by atoms with Crippen molar-refractivity contribution in [3.05, 3.63) is 36.1 Å². The van der Waals surface area contributed by atoms with Crippen molar-refractivity contribution < 1.29 is 0 Å². The molecule has 0 saturated carbocycles. The van der Waals surface area contributed by atoms with Crippen LogP contribution >= 0.6 is 11.3 Å². The summed E-state index contributed by atoms with van der Waals surface area (Å²) in [6.45, 7) is 0. The van der Waals surface area contributed by atoms with Crippen LogP contribution in [0.4, 0.5) is 0 Å². The molecule has 0 aliphatic rings. The Morgan fingerprint density at radius 1 is 0.818 bits per heavy atom. The van der Waals surface area contributed by atoms with Gasteiger partial charge in [0.25, 0.3) is 0 Å². The van der Waals surface area contributed by atoms with Crippen LogP contribution in [-0.4, -0.2) is 19.9 Å². The Balaban J connectivity index is 0.000000112. The highest BCUT2D eigenvalue weighted by Crippen LogP contribution is 1.85. The largest absolute Gasteiger partial charge is 0.253 e. The monoisotopic (exact) mass is 166 g/mol. The van der Waals surface area contributed by atoms with Crippen molar-refractivity contribution in [2.45, 2.75) is 0 Å². The van der Waals surface area contributed by atoms with Crippen LogP contribution in [0.2, 0.25) is 0 Å². The van der Waals surface area contributed by atoms with E-state index < -0.39 is 0 Å². The summed E-state index contributed by atoms with van der Waals surface area (Å²) < 4.78 is 0. The predicted molar refractivity (Wildman–Crippen MR) is 41.9 cm³/mol. The summed E-state index contributed by atoms with van der Waals surface area (Å²) in [4.78, 5) is 14.4. The van der Waals surface area contributed by atoms with Gasteiger partial charge in [-0.2, -0.15) is 0 Å². The molecule has 0 N–H and O–H groups in total. The van der Waals surface area contributed by atoms with Gasteiger partial charge in [0.15, 0.2) is 0 Å². The van der Waals surface area contributed by atoms with Crippen LogP contribution in [0.3, 0.4) is 0 Å². The molecule has 0 saturated heterocycles. The lowest BCUT2D eigenvalue weighted by atomic mass is 11.0. The van der Waals surface area contributed by atoms with E-state index in [0.717, 1.165) is 0 Å². The molecule has 56 valence electrons. The van der Waals surface area contributed by atoms with E-state index in [-0.39, 0.29) is 0 Å². The minimum Gasteiger partial charge on any atom is -0.253 e. The third kappa shape index (κ3) is 4.10. The van der Waals surface area contributed by atoms with Crippen molar-refractivity contribution >= 4 is 11.3 Å². The summed E-state index contributed by atoms with van der Waals surface area (Å²) in [5, 5.41) is 1.93. The van der Waals surface area contributed by atoms with Gasteiger partial charge in [0.05, 0.1) is 5.51 Å². The van der Waals surface area contributed by atoms with Gasteiger partial charge in [-0.15, -0.1) is 11.3 Å². The molecule has 5 heteroatoms. The lowest BCUT2D eigenvalue weighted by molar-refractivity contribution is 1.05. The number of hydrogen-bond donors (Lipinski definition) is 0. The van der Waals surface area contributed by atoms with Gasteiger partial charge in [-0.25, -0.2) is 15.0 Å². The molecule has 2 aromatic rings. The molecule has 0 aromatic carbocycles. The molecule has 0 fully saturated rings. The fourth-order valence-electron chi connectivity index (χ4n) is 0.381. The number of hydrogen-bond acceptors (Lipinski definition) is 5. The number of rotatable bonds is 0. The highest BCUT2D eigenvalue weighted by atomic mass is 32.1. The molecule has 2 rings (SSSR count). The molecular formula is C6H6N4S. The van der Waals surface area contributed by atoms with E-state index in [4.69, 9.17) is 0 Å². The van der Waals surface area contributed by atoms with Crippen LogP contribution in [0, 0.1) is 0 Å². The summed E-state index contributed by atoms with van der Waals surface area (Å²) in [5.74, 6) is 0. The Labute approximate surface area is 68.0 Å². The second-order valence-electron chi connectivity index (χ2n) is 1.47. The molecule has 2 aromatic heterocycles. The quantitative estimate of drug-likeness (QED) is 0.586. The first kappa shape index (κ1) is 7.74. The third-order valence-electron chi connectivity index (χ3n) is 0.747. The normalized spacial score (nSPS) is 8.00. The molecule has 4 nitrogen and oxygen atoms in total. The third-order valence-corrected chi connectivity index (χ3v) is 1.27. The predicted octanol–water partition coefficient (Wildman–Crippen LogP) is 1.01. The maximum Gasteiger partial charge on any atom is 0.119 e. The van der Waals surface area contributed by atoms with Gasteiger partial charge in [0, 0.05) is 11.6 Å². The fraction of sp³-hybridized carbons (Fsp3) is 0. The van der Waals surface area contributed by atoms with E-state index in [1.54, 1.807) is 23.0 Å². The first-order chi connectivity index (χ1) is 5.50. The molecule has 2 heterocycles. The van der Waals surface area contributed by atoms with E-state index in [0.29, 0.717) is 0 Å². The van der Waals surface area contributed by atoms with Crippen molar-refractivity contribution in [3.63, 3.8) is 0 Å². The molecule has 11 heavy (non-hydrogen) atoms. The summed E-state index contributed by atoms with van der Waals surface area (Å²) in [6, 6.07) is 0. The van der Waals surface area contributed by atoms with Crippen LogP contribution in [-0.2, 0) is 0 Å². The topological polar surface area (TPSA) is 51.6 Å². The average molecular weight is 166 g/mol. The van der Waals surface area contributed by atoms with Crippen molar-refractivity contribution in [1.29, 1.82) is 0 Å². The Morgan fingerprint density at radius 3 is 1.64 bits per heavy atom. The fourth-order valence-corrected chi connectivity index (χ4v) is 0.732. The van der Waals surface area contributed by atoms with Crippen LogP contribution in [0.1, 0.15) is 0 Å². The van der Waals surface area contributed by atoms with Gasteiger partial charge >= 0.3 is 0 Å². The number of thiazole rings is 1. The Kier molecular flexibility index (Phi) is 3.82. The molecule has 0 radical (unpaired) electrons. The van der Waals surface area contributed by atoms with Gasteiger partial charge < -0.3 is 0 Å². The van der Waals surface area contributed by atoms with Crippen LogP contribution < -0.4 is 0 Å². The molecule has 0 aliphatic carbocycles. The van der Waals surface area contributed by atoms with Gasteiger partial charge in [-0.3, -0.25) is 4.98 Å². The molecule has 0 aliphatic heterocycles. The Bertz CT molecular complexity index is 200. The molecular weight excluding hydrogens is 160 g/mol. The summed E-state index contributed by atoms with van der Waals surface area (Å²) in [5.41, 5.74) is 1.79. The standard InChI is InChI=1S/C3H3N3.C3H3NS/c1-4-2-6-3-5-1;1-2-5-3-4-1/h1-3H;1-3H. The average Bonchev–Trinajstić information content (AvgIpc) is 2.64. The number of aromatic nitrogens is 4. The Hall–Kier alpha value is -1.36. The van der Waals surface area contributed by atoms with Gasteiger partial charge in [-0.1, -0.05) is 0 Å².